The first-order valence-corrected chi connectivity index (χ1v) is 9.72. The van der Waals surface area contributed by atoms with Crippen LogP contribution in [-0.4, -0.2) is 29.2 Å². The van der Waals surface area contributed by atoms with Crippen molar-refractivity contribution in [3.63, 3.8) is 0 Å². The predicted octanol–water partition coefficient (Wildman–Crippen LogP) is 4.23. The molecule has 3 aromatic rings. The maximum absolute atomic E-state index is 12.3. The number of aromatic nitrogens is 2. The maximum Gasteiger partial charge on any atom is 0.228 e. The normalized spacial score (nSPS) is 13.5. The zero-order valence-corrected chi connectivity index (χ0v) is 16.1. The Labute approximate surface area is 165 Å². The fourth-order valence-corrected chi connectivity index (χ4v) is 3.50. The third-order valence-corrected chi connectivity index (χ3v) is 5.16. The molecule has 0 saturated carbocycles. The molecule has 1 N–H and O–H groups in total. The topological polar surface area (TPSA) is 58.1 Å². The minimum absolute atomic E-state index is 0.0168. The average Bonchev–Trinajstić information content (AvgIpc) is 3.25. The molecule has 0 aliphatic carbocycles. The van der Waals surface area contributed by atoms with E-state index in [1.807, 2.05) is 67.6 Å². The number of rotatable bonds is 5. The number of nitrogens with one attached hydrogen (secondary N) is 1. The van der Waals surface area contributed by atoms with Gasteiger partial charge in [-0.1, -0.05) is 36.4 Å². The summed E-state index contributed by atoms with van der Waals surface area (Å²) in [5.41, 5.74) is 4.77. The van der Waals surface area contributed by atoms with Crippen LogP contribution < -0.4 is 10.2 Å². The fourth-order valence-electron chi connectivity index (χ4n) is 3.50. The zero-order valence-electron chi connectivity index (χ0n) is 16.1. The number of benzene rings is 2. The van der Waals surface area contributed by atoms with Crippen molar-refractivity contribution in [2.75, 3.05) is 23.3 Å². The molecule has 2 heterocycles. The number of carbonyl (C=O) groups excluding carboxylic acids is 1. The van der Waals surface area contributed by atoms with Crippen molar-refractivity contribution in [3.05, 3.63) is 71.8 Å². The van der Waals surface area contributed by atoms with Gasteiger partial charge in [-0.05, 0) is 55.2 Å². The summed E-state index contributed by atoms with van der Waals surface area (Å²) in [5.74, 6) is 0.929. The Morgan fingerprint density at radius 2 is 1.71 bits per heavy atom. The maximum atomic E-state index is 12.3. The molecule has 1 aromatic heterocycles. The summed E-state index contributed by atoms with van der Waals surface area (Å²) in [6, 6.07) is 19.7. The van der Waals surface area contributed by atoms with Crippen LogP contribution in [0.3, 0.4) is 0 Å². The molecule has 5 heteroatoms. The van der Waals surface area contributed by atoms with Crippen LogP contribution in [0, 0.1) is 6.92 Å². The minimum Gasteiger partial charge on any atom is -0.355 e. The predicted molar refractivity (Wildman–Crippen MR) is 112 cm³/mol. The van der Waals surface area contributed by atoms with Crippen LogP contribution in [0.4, 0.5) is 11.5 Å². The molecule has 1 amide bonds. The Morgan fingerprint density at radius 1 is 0.964 bits per heavy atom. The van der Waals surface area contributed by atoms with E-state index in [9.17, 15) is 4.79 Å². The summed E-state index contributed by atoms with van der Waals surface area (Å²) in [6.45, 7) is 4.14. The van der Waals surface area contributed by atoms with E-state index in [1.165, 1.54) is 12.8 Å². The van der Waals surface area contributed by atoms with Crippen molar-refractivity contribution in [2.45, 2.75) is 26.2 Å². The Balaban J connectivity index is 1.39. The van der Waals surface area contributed by atoms with Gasteiger partial charge >= 0.3 is 0 Å². The first kappa shape index (κ1) is 18.2. The van der Waals surface area contributed by atoms with E-state index < -0.39 is 0 Å². The van der Waals surface area contributed by atoms with Crippen LogP contribution in [0.15, 0.2) is 60.7 Å². The molecular weight excluding hydrogens is 348 g/mol. The molecule has 0 bridgehead atoms. The average molecular weight is 372 g/mol. The molecule has 5 nitrogen and oxygen atoms in total. The van der Waals surface area contributed by atoms with Gasteiger partial charge in [0, 0.05) is 24.3 Å². The second-order valence-electron chi connectivity index (χ2n) is 7.20. The van der Waals surface area contributed by atoms with E-state index in [0.29, 0.717) is 6.42 Å². The van der Waals surface area contributed by atoms with Crippen molar-refractivity contribution in [1.82, 2.24) is 10.2 Å². The van der Waals surface area contributed by atoms with Gasteiger partial charge in [-0.15, -0.1) is 10.2 Å². The SMILES string of the molecule is Cc1ccccc1CC(=O)Nc1ccc(-c2ccc(N3CCCC3)nn2)cc1. The third kappa shape index (κ3) is 4.19. The van der Waals surface area contributed by atoms with E-state index in [0.717, 1.165) is 47.0 Å². The summed E-state index contributed by atoms with van der Waals surface area (Å²) >= 11 is 0. The first-order chi connectivity index (χ1) is 13.7. The largest absolute Gasteiger partial charge is 0.355 e. The van der Waals surface area contributed by atoms with Crippen molar-refractivity contribution < 1.29 is 4.79 Å². The van der Waals surface area contributed by atoms with Gasteiger partial charge in [-0.3, -0.25) is 4.79 Å². The van der Waals surface area contributed by atoms with Crippen molar-refractivity contribution in [2.24, 2.45) is 0 Å². The van der Waals surface area contributed by atoms with E-state index >= 15 is 0 Å². The van der Waals surface area contributed by atoms with Crippen LogP contribution in [0.5, 0.6) is 0 Å². The molecule has 0 atom stereocenters. The number of carbonyl (C=O) groups is 1. The quantitative estimate of drug-likeness (QED) is 0.728. The van der Waals surface area contributed by atoms with Crippen LogP contribution in [0.1, 0.15) is 24.0 Å². The minimum atomic E-state index is -0.0168. The Hall–Kier alpha value is -3.21. The van der Waals surface area contributed by atoms with Gasteiger partial charge in [0.15, 0.2) is 5.82 Å². The summed E-state index contributed by atoms with van der Waals surface area (Å²) in [7, 11) is 0. The number of amides is 1. The smallest absolute Gasteiger partial charge is 0.228 e. The van der Waals surface area contributed by atoms with E-state index in [4.69, 9.17) is 0 Å². The molecule has 1 fully saturated rings. The number of hydrogen-bond donors (Lipinski definition) is 1. The molecule has 142 valence electrons. The number of aryl methyl sites for hydroxylation is 1. The van der Waals surface area contributed by atoms with E-state index in [2.05, 4.69) is 20.4 Å². The molecule has 28 heavy (non-hydrogen) atoms. The molecule has 4 rings (SSSR count). The monoisotopic (exact) mass is 372 g/mol. The van der Waals surface area contributed by atoms with Gasteiger partial charge in [-0.25, -0.2) is 0 Å². The van der Waals surface area contributed by atoms with Crippen molar-refractivity contribution in [3.8, 4) is 11.3 Å². The lowest BCUT2D eigenvalue weighted by molar-refractivity contribution is -0.115. The highest BCUT2D eigenvalue weighted by Gasteiger charge is 2.14. The van der Waals surface area contributed by atoms with Crippen LogP contribution in [0.2, 0.25) is 0 Å². The zero-order chi connectivity index (χ0) is 19.3. The molecule has 1 saturated heterocycles. The van der Waals surface area contributed by atoms with Crippen LogP contribution in [-0.2, 0) is 11.2 Å². The molecule has 1 aliphatic rings. The van der Waals surface area contributed by atoms with Gasteiger partial charge < -0.3 is 10.2 Å². The Morgan fingerprint density at radius 3 is 2.39 bits per heavy atom. The lowest BCUT2D eigenvalue weighted by Crippen LogP contribution is -2.19. The number of hydrogen-bond acceptors (Lipinski definition) is 4. The molecule has 0 unspecified atom stereocenters. The standard InChI is InChI=1S/C23H24N4O/c1-17-6-2-3-7-19(17)16-23(28)24-20-10-8-18(9-11-20)21-12-13-22(26-25-21)27-14-4-5-15-27/h2-3,6-13H,4-5,14-16H2,1H3,(H,24,28). The second kappa shape index (κ2) is 8.21. The molecular formula is C23H24N4O. The fraction of sp³-hybridized carbons (Fsp3) is 0.261. The highest BCUT2D eigenvalue weighted by Crippen LogP contribution is 2.22. The van der Waals surface area contributed by atoms with Crippen molar-refractivity contribution in [1.29, 1.82) is 0 Å². The highest BCUT2D eigenvalue weighted by atomic mass is 16.1. The van der Waals surface area contributed by atoms with Crippen LogP contribution in [0.25, 0.3) is 11.3 Å². The summed E-state index contributed by atoms with van der Waals surface area (Å²) in [5, 5.41) is 11.7. The number of anilines is 2. The van der Waals surface area contributed by atoms with Gasteiger partial charge in [0.05, 0.1) is 12.1 Å². The van der Waals surface area contributed by atoms with Gasteiger partial charge in [0.1, 0.15) is 0 Å². The van der Waals surface area contributed by atoms with Crippen LogP contribution >= 0.6 is 0 Å². The van der Waals surface area contributed by atoms with Crippen molar-refractivity contribution >= 4 is 17.4 Å². The van der Waals surface area contributed by atoms with Gasteiger partial charge in [-0.2, -0.15) is 0 Å². The molecule has 2 aromatic carbocycles. The Bertz CT molecular complexity index is 945. The first-order valence-electron chi connectivity index (χ1n) is 9.72. The lowest BCUT2D eigenvalue weighted by atomic mass is 10.1. The molecule has 0 spiro atoms. The molecule has 1 aliphatic heterocycles. The van der Waals surface area contributed by atoms with E-state index in [1.54, 1.807) is 0 Å². The highest BCUT2D eigenvalue weighted by molar-refractivity contribution is 5.92. The summed E-state index contributed by atoms with van der Waals surface area (Å²) in [6.07, 6.45) is 2.82. The van der Waals surface area contributed by atoms with Gasteiger partial charge in [0.25, 0.3) is 0 Å². The summed E-state index contributed by atoms with van der Waals surface area (Å²) in [4.78, 5) is 14.6. The Kier molecular flexibility index (Phi) is 5.33. The number of nitrogens with zero attached hydrogens (tertiary/aromatic N) is 3. The van der Waals surface area contributed by atoms with Gasteiger partial charge in [0.2, 0.25) is 5.91 Å². The second-order valence-corrected chi connectivity index (χ2v) is 7.20. The lowest BCUT2D eigenvalue weighted by Gasteiger charge is -2.15. The molecule has 0 radical (unpaired) electrons. The summed E-state index contributed by atoms with van der Waals surface area (Å²) < 4.78 is 0. The van der Waals surface area contributed by atoms with E-state index in [-0.39, 0.29) is 5.91 Å². The third-order valence-electron chi connectivity index (χ3n) is 5.16.